The summed E-state index contributed by atoms with van der Waals surface area (Å²) < 4.78 is 16.6. The van der Waals surface area contributed by atoms with Crippen LogP contribution in [0.4, 0.5) is 0 Å². The Kier molecular flexibility index (Phi) is 8.62. The van der Waals surface area contributed by atoms with Gasteiger partial charge in [0, 0.05) is 0 Å². The smallest absolute Gasteiger partial charge is 0.343 e. The van der Waals surface area contributed by atoms with E-state index in [4.69, 9.17) is 14.2 Å². The van der Waals surface area contributed by atoms with E-state index in [9.17, 15) is 9.59 Å². The summed E-state index contributed by atoms with van der Waals surface area (Å²) in [5.74, 6) is 0.439. The van der Waals surface area contributed by atoms with E-state index in [0.717, 1.165) is 0 Å². The zero-order chi connectivity index (χ0) is 25.3. The number of carbonyl (C=O) groups is 2. The molecule has 7 nitrogen and oxygen atoms in total. The van der Waals surface area contributed by atoms with Crippen LogP contribution in [0.2, 0.25) is 0 Å². The molecule has 3 rings (SSSR count). The lowest BCUT2D eigenvalue weighted by Gasteiger charge is -2.19. The van der Waals surface area contributed by atoms with Crippen LogP contribution in [0.1, 0.15) is 49.2 Å². The van der Waals surface area contributed by atoms with Crippen LogP contribution in [0.25, 0.3) is 0 Å². The van der Waals surface area contributed by atoms with Crippen LogP contribution >= 0.6 is 0 Å². The van der Waals surface area contributed by atoms with Gasteiger partial charge in [-0.05, 0) is 65.9 Å². The van der Waals surface area contributed by atoms with Crippen LogP contribution in [-0.2, 0) is 10.2 Å². The molecule has 1 amide bonds. The van der Waals surface area contributed by atoms with Gasteiger partial charge in [-0.3, -0.25) is 4.79 Å². The van der Waals surface area contributed by atoms with E-state index >= 15 is 0 Å². The van der Waals surface area contributed by atoms with Gasteiger partial charge in [0.25, 0.3) is 5.91 Å². The fraction of sp³-hybridized carbons (Fsp3) is 0.250. The summed E-state index contributed by atoms with van der Waals surface area (Å²) in [5.41, 5.74) is 4.77. The van der Waals surface area contributed by atoms with Crippen molar-refractivity contribution in [2.24, 2.45) is 5.10 Å². The topological polar surface area (TPSA) is 86.2 Å². The summed E-state index contributed by atoms with van der Waals surface area (Å²) in [6, 6.07) is 21.4. The number of rotatable bonds is 9. The molecule has 7 heteroatoms. The molecule has 0 fully saturated rings. The van der Waals surface area contributed by atoms with E-state index in [1.165, 1.54) is 11.8 Å². The number of hydrogen-bond acceptors (Lipinski definition) is 6. The molecule has 3 aromatic carbocycles. The minimum atomic E-state index is -0.478. The standard InChI is InChI=1S/C28H30N2O5/c1-5-33-25-17-20(11-16-24(25)35-27(32)21-9-7-6-8-10-21)18-29-30-26(31)19-34-23-14-12-22(13-15-23)28(2,3)4/h6-18H,5,19H2,1-4H3,(H,30,31)/b29-18-. The minimum absolute atomic E-state index is 0.0500. The van der Waals surface area contributed by atoms with Crippen molar-refractivity contribution in [3.63, 3.8) is 0 Å². The summed E-state index contributed by atoms with van der Waals surface area (Å²) in [6.45, 7) is 8.47. The van der Waals surface area contributed by atoms with Gasteiger partial charge in [0.15, 0.2) is 18.1 Å². The van der Waals surface area contributed by atoms with E-state index in [2.05, 4.69) is 31.3 Å². The lowest BCUT2D eigenvalue weighted by molar-refractivity contribution is -0.123. The average molecular weight is 475 g/mol. The van der Waals surface area contributed by atoms with Crippen molar-refractivity contribution < 1.29 is 23.8 Å². The van der Waals surface area contributed by atoms with Gasteiger partial charge in [-0.2, -0.15) is 5.10 Å². The Bertz CT molecular complexity index is 1170. The highest BCUT2D eigenvalue weighted by molar-refractivity contribution is 5.91. The molecule has 182 valence electrons. The Morgan fingerprint density at radius 1 is 0.914 bits per heavy atom. The average Bonchev–Trinajstić information content (AvgIpc) is 2.84. The number of nitrogens with one attached hydrogen (secondary N) is 1. The maximum atomic E-state index is 12.4. The molecular weight excluding hydrogens is 444 g/mol. The van der Waals surface area contributed by atoms with Gasteiger partial charge in [-0.25, -0.2) is 10.2 Å². The molecule has 0 aromatic heterocycles. The van der Waals surface area contributed by atoms with Gasteiger partial charge in [-0.15, -0.1) is 0 Å². The SMILES string of the molecule is CCOc1cc(/C=N\NC(=O)COc2ccc(C(C)(C)C)cc2)ccc1OC(=O)c1ccccc1. The maximum absolute atomic E-state index is 12.4. The van der Waals surface area contributed by atoms with Crippen molar-refractivity contribution in [2.45, 2.75) is 33.1 Å². The highest BCUT2D eigenvalue weighted by Crippen LogP contribution is 2.29. The fourth-order valence-corrected chi connectivity index (χ4v) is 3.10. The highest BCUT2D eigenvalue weighted by atomic mass is 16.6. The number of hydrogen-bond donors (Lipinski definition) is 1. The summed E-state index contributed by atoms with van der Waals surface area (Å²) in [5, 5.41) is 3.97. The summed E-state index contributed by atoms with van der Waals surface area (Å²) in [6.07, 6.45) is 1.47. The third-order valence-corrected chi connectivity index (χ3v) is 4.97. The van der Waals surface area contributed by atoms with Gasteiger partial charge < -0.3 is 14.2 Å². The highest BCUT2D eigenvalue weighted by Gasteiger charge is 2.14. The van der Waals surface area contributed by atoms with Crippen LogP contribution in [0, 0.1) is 0 Å². The van der Waals surface area contributed by atoms with Gasteiger partial charge >= 0.3 is 5.97 Å². The Hall–Kier alpha value is -4.13. The zero-order valence-electron chi connectivity index (χ0n) is 20.4. The largest absolute Gasteiger partial charge is 0.490 e. The monoisotopic (exact) mass is 474 g/mol. The van der Waals surface area contributed by atoms with Crippen LogP contribution in [-0.4, -0.2) is 31.3 Å². The molecule has 35 heavy (non-hydrogen) atoms. The molecule has 0 aliphatic carbocycles. The first kappa shape index (κ1) is 25.5. The molecule has 0 spiro atoms. The van der Waals surface area contributed by atoms with Gasteiger partial charge in [0.1, 0.15) is 5.75 Å². The number of benzene rings is 3. The normalized spacial score (nSPS) is 11.2. The number of hydrazone groups is 1. The number of carbonyl (C=O) groups excluding carboxylic acids is 2. The third-order valence-electron chi connectivity index (χ3n) is 4.97. The maximum Gasteiger partial charge on any atom is 0.343 e. The molecule has 0 aliphatic heterocycles. The van der Waals surface area contributed by atoms with E-state index in [0.29, 0.717) is 35.0 Å². The number of ether oxygens (including phenoxy) is 3. The van der Waals surface area contributed by atoms with E-state index in [1.807, 2.05) is 37.3 Å². The van der Waals surface area contributed by atoms with Crippen LogP contribution in [0.15, 0.2) is 77.9 Å². The summed E-state index contributed by atoms with van der Waals surface area (Å²) in [7, 11) is 0. The molecule has 0 saturated carbocycles. The van der Waals surface area contributed by atoms with Crippen LogP contribution in [0.3, 0.4) is 0 Å². The lowest BCUT2D eigenvalue weighted by Crippen LogP contribution is -2.24. The van der Waals surface area contributed by atoms with Crippen molar-refractivity contribution >= 4 is 18.1 Å². The molecule has 0 unspecified atom stereocenters. The Labute approximate surface area is 205 Å². The Balaban J connectivity index is 1.55. The van der Waals surface area contributed by atoms with Crippen molar-refractivity contribution in [1.29, 1.82) is 0 Å². The molecule has 0 atom stereocenters. The van der Waals surface area contributed by atoms with Gasteiger partial charge in [-0.1, -0.05) is 51.1 Å². The molecule has 3 aromatic rings. The van der Waals surface area contributed by atoms with E-state index in [1.54, 1.807) is 42.5 Å². The molecular formula is C28H30N2O5. The Morgan fingerprint density at radius 3 is 2.29 bits per heavy atom. The summed E-state index contributed by atoms with van der Waals surface area (Å²) >= 11 is 0. The Morgan fingerprint density at radius 2 is 1.63 bits per heavy atom. The lowest BCUT2D eigenvalue weighted by atomic mass is 9.87. The molecule has 0 heterocycles. The number of nitrogens with zero attached hydrogens (tertiary/aromatic N) is 1. The predicted octanol–water partition coefficient (Wildman–Crippen LogP) is 5.13. The molecule has 0 aliphatic rings. The molecule has 1 N–H and O–H groups in total. The molecule has 0 bridgehead atoms. The second-order valence-corrected chi connectivity index (χ2v) is 8.75. The van der Waals surface area contributed by atoms with Crippen molar-refractivity contribution in [3.8, 4) is 17.2 Å². The van der Waals surface area contributed by atoms with Crippen molar-refractivity contribution in [1.82, 2.24) is 5.43 Å². The van der Waals surface area contributed by atoms with Crippen LogP contribution < -0.4 is 19.6 Å². The minimum Gasteiger partial charge on any atom is -0.490 e. The van der Waals surface area contributed by atoms with Crippen LogP contribution in [0.5, 0.6) is 17.2 Å². The first-order chi connectivity index (χ1) is 16.8. The first-order valence-corrected chi connectivity index (χ1v) is 11.4. The van der Waals surface area contributed by atoms with Gasteiger partial charge in [0.2, 0.25) is 0 Å². The van der Waals surface area contributed by atoms with E-state index < -0.39 is 5.97 Å². The fourth-order valence-electron chi connectivity index (χ4n) is 3.10. The number of esters is 1. The molecule has 0 radical (unpaired) electrons. The quantitative estimate of drug-likeness (QED) is 0.201. The summed E-state index contributed by atoms with van der Waals surface area (Å²) in [4.78, 5) is 24.4. The van der Waals surface area contributed by atoms with Gasteiger partial charge in [0.05, 0.1) is 18.4 Å². The first-order valence-electron chi connectivity index (χ1n) is 11.4. The van der Waals surface area contributed by atoms with Crippen molar-refractivity contribution in [3.05, 3.63) is 89.5 Å². The predicted molar refractivity (Wildman–Crippen MR) is 135 cm³/mol. The second kappa shape index (κ2) is 11.8. The van der Waals surface area contributed by atoms with Crippen molar-refractivity contribution in [2.75, 3.05) is 13.2 Å². The molecule has 0 saturated heterocycles. The number of amides is 1. The third kappa shape index (κ3) is 7.71. The zero-order valence-corrected chi connectivity index (χ0v) is 20.4. The van der Waals surface area contributed by atoms with E-state index in [-0.39, 0.29) is 17.9 Å². The second-order valence-electron chi connectivity index (χ2n) is 8.75.